The fraction of sp³-hybridized carbons (Fsp3) is 0.261. The molecule has 2 unspecified atom stereocenters. The van der Waals surface area contributed by atoms with Crippen LogP contribution >= 0.6 is 23.2 Å². The van der Waals surface area contributed by atoms with Crippen molar-refractivity contribution in [2.24, 2.45) is 10.7 Å². The maximum atomic E-state index is 14.1. The highest BCUT2D eigenvalue weighted by Gasteiger charge is 2.40. The van der Waals surface area contributed by atoms with Gasteiger partial charge in [0, 0.05) is 34.3 Å². The summed E-state index contributed by atoms with van der Waals surface area (Å²) in [5, 5.41) is 15.5. The molecule has 0 spiro atoms. The Hall–Kier alpha value is -2.91. The first-order valence-electron chi connectivity index (χ1n) is 10.1. The summed E-state index contributed by atoms with van der Waals surface area (Å²) in [5.41, 5.74) is 11.3. The van der Waals surface area contributed by atoms with Crippen molar-refractivity contribution in [3.05, 3.63) is 68.6 Å². The van der Waals surface area contributed by atoms with Crippen LogP contribution in [0.5, 0.6) is 0 Å². The van der Waals surface area contributed by atoms with Crippen LogP contribution in [-0.4, -0.2) is 23.8 Å². The molecule has 180 valence electrons. The van der Waals surface area contributed by atoms with Gasteiger partial charge in [-0.05, 0) is 60.1 Å². The fourth-order valence-electron chi connectivity index (χ4n) is 4.24. The number of benzene rings is 2. The second kappa shape index (κ2) is 9.76. The van der Waals surface area contributed by atoms with E-state index in [4.69, 9.17) is 45.5 Å². The molecule has 5 nitrogen and oxygen atoms in total. The summed E-state index contributed by atoms with van der Waals surface area (Å²) in [4.78, 5) is 4.34. The second-order valence-corrected chi connectivity index (χ2v) is 8.74. The minimum Gasteiger partial charge on any atom is -0.404 e. The zero-order valence-electron chi connectivity index (χ0n) is 17.9. The number of halogens is 6. The van der Waals surface area contributed by atoms with Crippen molar-refractivity contribution in [3.63, 3.8) is 0 Å². The number of anilines is 1. The highest BCUT2D eigenvalue weighted by Crippen LogP contribution is 2.46. The molecule has 0 aliphatic carbocycles. The van der Waals surface area contributed by atoms with Gasteiger partial charge in [0.2, 0.25) is 0 Å². The molecule has 0 saturated heterocycles. The van der Waals surface area contributed by atoms with Crippen LogP contribution in [0.25, 0.3) is 0 Å². The number of hydrogen-bond acceptors (Lipinski definition) is 5. The summed E-state index contributed by atoms with van der Waals surface area (Å²) in [7, 11) is 0. The van der Waals surface area contributed by atoms with Gasteiger partial charge in [0.05, 0.1) is 16.4 Å². The normalized spacial score (nSPS) is 17.1. The molecule has 11 heteroatoms. The first-order chi connectivity index (χ1) is 15.9. The van der Waals surface area contributed by atoms with Gasteiger partial charge in [-0.15, -0.1) is 0 Å². The summed E-state index contributed by atoms with van der Waals surface area (Å²) in [6.07, 6.45) is -2.88. The Morgan fingerprint density at radius 2 is 1.94 bits per heavy atom. The van der Waals surface area contributed by atoms with Gasteiger partial charge in [0.1, 0.15) is 11.5 Å². The van der Waals surface area contributed by atoms with E-state index in [1.54, 1.807) is 13.0 Å². The molecular weight excluding hydrogens is 493 g/mol. The lowest BCUT2D eigenvalue weighted by atomic mass is 9.77. The van der Waals surface area contributed by atoms with Crippen LogP contribution in [0.1, 0.15) is 48.3 Å². The van der Waals surface area contributed by atoms with E-state index < -0.39 is 35.1 Å². The maximum Gasteiger partial charge on any atom is 0.433 e. The first-order valence-corrected chi connectivity index (χ1v) is 10.9. The standard InChI is InChI=1S/C23H21Cl2F4N5/c1-10(19-14(24)2-3-15(26)21(19)25)6-11-7-18(13(9-31)22(33)23(27,28)29)34-17-5-4-16(32)12(8-30)20(11)17/h2-5,8-11,30,33H,6-7,31-32H2,1H3/b13-9-,30-8?,33-22?. The largest absolute Gasteiger partial charge is 0.433 e. The van der Waals surface area contributed by atoms with Crippen LogP contribution in [-0.2, 0) is 0 Å². The topological polar surface area (TPSA) is 112 Å². The monoisotopic (exact) mass is 513 g/mol. The highest BCUT2D eigenvalue weighted by atomic mass is 35.5. The number of fused-ring (bicyclic) bond motifs is 1. The van der Waals surface area contributed by atoms with Gasteiger partial charge in [-0.2, -0.15) is 13.2 Å². The summed E-state index contributed by atoms with van der Waals surface area (Å²) < 4.78 is 53.9. The van der Waals surface area contributed by atoms with E-state index in [2.05, 4.69) is 4.99 Å². The molecule has 1 aliphatic rings. The van der Waals surface area contributed by atoms with Crippen LogP contribution in [0.2, 0.25) is 10.0 Å². The molecule has 1 aliphatic heterocycles. The molecule has 0 bridgehead atoms. The minimum absolute atomic E-state index is 0.0202. The third kappa shape index (κ3) is 4.81. The predicted molar refractivity (Wildman–Crippen MR) is 129 cm³/mol. The van der Waals surface area contributed by atoms with Gasteiger partial charge in [-0.25, -0.2) is 4.39 Å². The maximum absolute atomic E-state index is 14.1. The Morgan fingerprint density at radius 3 is 2.53 bits per heavy atom. The van der Waals surface area contributed by atoms with E-state index in [1.807, 2.05) is 0 Å². The van der Waals surface area contributed by atoms with Crippen molar-refractivity contribution < 1.29 is 17.6 Å². The van der Waals surface area contributed by atoms with Gasteiger partial charge in [-0.1, -0.05) is 30.1 Å². The quantitative estimate of drug-likeness (QED) is 0.146. The number of nitrogens with two attached hydrogens (primary N) is 2. The van der Waals surface area contributed by atoms with Crippen LogP contribution in [0.15, 0.2) is 41.0 Å². The van der Waals surface area contributed by atoms with Crippen LogP contribution in [0.3, 0.4) is 0 Å². The lowest BCUT2D eigenvalue weighted by Gasteiger charge is -2.30. The SMILES string of the molecule is CC(CC1CC(/C(=C/N)C(=N)C(F)(F)F)=Nc2ccc(N)c(C=N)c21)c1c(Cl)ccc(F)c1Cl. The van der Waals surface area contributed by atoms with Gasteiger partial charge in [0.15, 0.2) is 0 Å². The summed E-state index contributed by atoms with van der Waals surface area (Å²) in [6.45, 7) is 1.77. The van der Waals surface area contributed by atoms with Gasteiger partial charge >= 0.3 is 6.18 Å². The van der Waals surface area contributed by atoms with E-state index in [1.165, 1.54) is 12.1 Å². The fourth-order valence-corrected chi connectivity index (χ4v) is 4.99. The van der Waals surface area contributed by atoms with Crippen molar-refractivity contribution in [1.82, 2.24) is 0 Å². The van der Waals surface area contributed by atoms with Crippen LogP contribution in [0.4, 0.5) is 28.9 Å². The number of hydrogen-bond donors (Lipinski definition) is 4. The smallest absolute Gasteiger partial charge is 0.404 e. The molecule has 2 aromatic rings. The lowest BCUT2D eigenvalue weighted by molar-refractivity contribution is -0.0587. The molecular formula is C23H21Cl2F4N5. The number of nitrogen functional groups attached to an aromatic ring is 1. The van der Waals surface area contributed by atoms with Crippen LogP contribution in [0, 0.1) is 16.6 Å². The number of aliphatic imine (C=N–C) groups is 1. The van der Waals surface area contributed by atoms with Gasteiger partial charge in [0.25, 0.3) is 0 Å². The molecule has 0 radical (unpaired) electrons. The molecule has 0 saturated carbocycles. The van der Waals surface area contributed by atoms with E-state index >= 15 is 0 Å². The number of nitrogens with zero attached hydrogens (tertiary/aromatic N) is 1. The molecule has 34 heavy (non-hydrogen) atoms. The van der Waals surface area contributed by atoms with E-state index in [0.717, 1.165) is 18.5 Å². The zero-order valence-corrected chi connectivity index (χ0v) is 19.4. The summed E-state index contributed by atoms with van der Waals surface area (Å²) in [6, 6.07) is 5.59. The Bertz CT molecular complexity index is 1220. The number of allylic oxidation sites excluding steroid dienone is 1. The molecule has 0 fully saturated rings. The Balaban J connectivity index is 2.13. The van der Waals surface area contributed by atoms with Gasteiger partial charge in [-0.3, -0.25) is 10.4 Å². The Kier molecular flexibility index (Phi) is 7.38. The number of alkyl halides is 3. The number of nitrogens with one attached hydrogen (secondary N) is 2. The molecule has 6 N–H and O–H groups in total. The van der Waals surface area contributed by atoms with E-state index in [0.29, 0.717) is 28.1 Å². The molecule has 0 amide bonds. The van der Waals surface area contributed by atoms with Crippen molar-refractivity contribution in [1.29, 1.82) is 10.8 Å². The number of rotatable bonds is 6. The third-order valence-corrected chi connectivity index (χ3v) is 6.50. The van der Waals surface area contributed by atoms with Crippen molar-refractivity contribution in [3.8, 4) is 0 Å². The zero-order chi connectivity index (χ0) is 25.4. The molecule has 2 aromatic carbocycles. The average Bonchev–Trinajstić information content (AvgIpc) is 2.76. The van der Waals surface area contributed by atoms with E-state index in [9.17, 15) is 17.6 Å². The minimum atomic E-state index is -4.92. The Labute approximate surface area is 203 Å². The highest BCUT2D eigenvalue weighted by molar-refractivity contribution is 6.36. The average molecular weight is 514 g/mol. The van der Waals surface area contributed by atoms with Crippen molar-refractivity contribution >= 4 is 52.2 Å². The van der Waals surface area contributed by atoms with Crippen molar-refractivity contribution in [2.75, 3.05) is 5.73 Å². The molecule has 3 rings (SSSR count). The second-order valence-electron chi connectivity index (χ2n) is 7.95. The predicted octanol–water partition coefficient (Wildman–Crippen LogP) is 6.89. The van der Waals surface area contributed by atoms with Crippen LogP contribution < -0.4 is 11.5 Å². The van der Waals surface area contributed by atoms with Gasteiger partial charge < -0.3 is 16.9 Å². The lowest BCUT2D eigenvalue weighted by Crippen LogP contribution is -2.30. The summed E-state index contributed by atoms with van der Waals surface area (Å²) in [5.74, 6) is -1.56. The molecule has 2 atom stereocenters. The first kappa shape index (κ1) is 25.7. The third-order valence-electron chi connectivity index (χ3n) is 5.79. The summed E-state index contributed by atoms with van der Waals surface area (Å²) >= 11 is 12.5. The Morgan fingerprint density at radius 1 is 1.26 bits per heavy atom. The molecule has 1 heterocycles. The molecule has 0 aromatic heterocycles. The van der Waals surface area contributed by atoms with Crippen molar-refractivity contribution in [2.45, 2.75) is 37.8 Å². The van der Waals surface area contributed by atoms with E-state index in [-0.39, 0.29) is 28.6 Å².